The van der Waals surface area contributed by atoms with Gasteiger partial charge in [-0.05, 0) is 12.8 Å². The van der Waals surface area contributed by atoms with Crippen LogP contribution in [0.3, 0.4) is 0 Å². The third kappa shape index (κ3) is 22.2. The summed E-state index contributed by atoms with van der Waals surface area (Å²) in [6.07, 6.45) is 13.8. The molecule has 11 unspecified atom stereocenters. The highest BCUT2D eigenvalue weighted by atomic mass is 16.7. The number of aliphatic hydroxyl groups is 7. The van der Waals surface area contributed by atoms with Gasteiger partial charge in [-0.15, -0.1) is 0 Å². The molecule has 7 N–H and O–H groups in total. The van der Waals surface area contributed by atoms with Crippen molar-refractivity contribution in [2.75, 3.05) is 33.0 Å². The summed E-state index contributed by atoms with van der Waals surface area (Å²) in [6, 6.07) is 0. The van der Waals surface area contributed by atoms with Crippen LogP contribution < -0.4 is 0 Å². The molecule has 0 amide bonds. The van der Waals surface area contributed by atoms with Crippen molar-refractivity contribution in [3.8, 4) is 0 Å². The molecular weight excluding hydrogens is 752 g/mol. The Morgan fingerprint density at radius 2 is 0.914 bits per heavy atom. The second-order valence-corrected chi connectivity index (χ2v) is 16.6. The quantitative estimate of drug-likeness (QED) is 0.0313. The van der Waals surface area contributed by atoms with Crippen molar-refractivity contribution in [1.29, 1.82) is 0 Å². The molecule has 58 heavy (non-hydrogen) atoms. The Kier molecular flexibility index (Phi) is 30.8. The molecule has 2 fully saturated rings. The highest BCUT2D eigenvalue weighted by Gasteiger charge is 2.47. The molecule has 344 valence electrons. The summed E-state index contributed by atoms with van der Waals surface area (Å²) >= 11 is 0. The Labute approximate surface area is 349 Å². The number of hydrogen-bond acceptors (Lipinski definition) is 14. The number of hydrogen-bond donors (Lipinski definition) is 7. The third-order valence-corrected chi connectivity index (χ3v) is 11.4. The molecule has 0 saturated carbocycles. The maximum atomic E-state index is 12.7. The largest absolute Gasteiger partial charge is 0.457 e. The predicted molar refractivity (Wildman–Crippen MR) is 220 cm³/mol. The van der Waals surface area contributed by atoms with Gasteiger partial charge in [0, 0.05) is 13.0 Å². The maximum absolute atomic E-state index is 12.7. The molecule has 0 aromatic heterocycles. The van der Waals surface area contributed by atoms with Crippen molar-refractivity contribution in [2.24, 2.45) is 0 Å². The molecule has 2 aliphatic rings. The average Bonchev–Trinajstić information content (AvgIpc) is 3.22. The number of aliphatic hydroxyl groups excluding tert-OH is 7. The average molecular weight is 837 g/mol. The van der Waals surface area contributed by atoms with E-state index in [4.69, 9.17) is 28.4 Å². The first-order valence-corrected chi connectivity index (χ1v) is 23.1. The van der Waals surface area contributed by atoms with Crippen LogP contribution in [0.25, 0.3) is 0 Å². The molecule has 0 radical (unpaired) electrons. The van der Waals surface area contributed by atoms with Gasteiger partial charge in [0.1, 0.15) is 54.9 Å². The van der Waals surface area contributed by atoms with E-state index in [0.29, 0.717) is 13.0 Å². The first-order valence-electron chi connectivity index (χ1n) is 23.1. The molecule has 2 rings (SSSR count). The van der Waals surface area contributed by atoms with E-state index >= 15 is 0 Å². The van der Waals surface area contributed by atoms with Crippen molar-refractivity contribution < 1.29 is 69.0 Å². The predicted octanol–water partition coefficient (Wildman–Crippen LogP) is 5.35. The number of carbonyl (C=O) groups excluding carboxylic acids is 1. The van der Waals surface area contributed by atoms with E-state index in [-0.39, 0.29) is 25.6 Å². The normalized spacial score (nSPS) is 28.2. The van der Waals surface area contributed by atoms with Crippen LogP contribution >= 0.6 is 0 Å². The molecule has 2 aliphatic heterocycles. The fourth-order valence-corrected chi connectivity index (χ4v) is 7.52. The van der Waals surface area contributed by atoms with Gasteiger partial charge in [-0.2, -0.15) is 0 Å². The fourth-order valence-electron chi connectivity index (χ4n) is 7.52. The standard InChI is InChI=1S/C44H84O14/c1-3-5-7-9-10-11-12-13-14-15-16-17-18-19-20-21-22-24-26-28-53-30-33(56-36(46)27-25-23-8-6-4-2)31-54-43-42(52)40(50)38(48)35(58-43)32-55-44-41(51)39(49)37(47)34(29-45)57-44/h33-35,37-45,47-52H,3-32H2,1-2H3. The number of esters is 1. The smallest absolute Gasteiger partial charge is 0.306 e. The molecule has 2 heterocycles. The van der Waals surface area contributed by atoms with E-state index in [1.165, 1.54) is 103 Å². The van der Waals surface area contributed by atoms with Gasteiger partial charge < -0.3 is 64.2 Å². The lowest BCUT2D eigenvalue weighted by molar-refractivity contribution is -0.332. The van der Waals surface area contributed by atoms with E-state index in [2.05, 4.69) is 13.8 Å². The fraction of sp³-hybridized carbons (Fsp3) is 0.977. The van der Waals surface area contributed by atoms with Gasteiger partial charge in [0.2, 0.25) is 0 Å². The van der Waals surface area contributed by atoms with Crippen LogP contribution in [0.5, 0.6) is 0 Å². The second-order valence-electron chi connectivity index (χ2n) is 16.6. The van der Waals surface area contributed by atoms with Crippen LogP contribution in [0, 0.1) is 0 Å². The van der Waals surface area contributed by atoms with Crippen LogP contribution in [0.2, 0.25) is 0 Å². The number of ether oxygens (including phenoxy) is 6. The minimum Gasteiger partial charge on any atom is -0.457 e. The molecule has 2 saturated heterocycles. The van der Waals surface area contributed by atoms with E-state index in [1.807, 2.05) is 0 Å². The van der Waals surface area contributed by atoms with Gasteiger partial charge in [0.15, 0.2) is 12.6 Å². The van der Waals surface area contributed by atoms with Crippen LogP contribution in [-0.2, 0) is 33.2 Å². The van der Waals surface area contributed by atoms with Crippen LogP contribution in [0.4, 0.5) is 0 Å². The molecule has 11 atom stereocenters. The summed E-state index contributed by atoms with van der Waals surface area (Å²) < 4.78 is 34.0. The summed E-state index contributed by atoms with van der Waals surface area (Å²) in [5, 5.41) is 71.6. The van der Waals surface area contributed by atoms with E-state index in [0.717, 1.165) is 44.9 Å². The Bertz CT molecular complexity index is 975. The lowest BCUT2D eigenvalue weighted by Gasteiger charge is -2.42. The van der Waals surface area contributed by atoms with Gasteiger partial charge in [-0.1, -0.05) is 155 Å². The zero-order chi connectivity index (χ0) is 42.4. The Balaban J connectivity index is 1.69. The zero-order valence-corrected chi connectivity index (χ0v) is 36.1. The van der Waals surface area contributed by atoms with E-state index in [9.17, 15) is 40.5 Å². The van der Waals surface area contributed by atoms with E-state index < -0.39 is 80.7 Å². The molecule has 0 aliphatic carbocycles. The Morgan fingerprint density at radius 1 is 0.500 bits per heavy atom. The molecule has 14 heteroatoms. The van der Waals surface area contributed by atoms with Crippen molar-refractivity contribution in [3.05, 3.63) is 0 Å². The summed E-state index contributed by atoms with van der Waals surface area (Å²) in [7, 11) is 0. The van der Waals surface area contributed by atoms with Gasteiger partial charge >= 0.3 is 5.97 Å². The number of unbranched alkanes of at least 4 members (excludes halogenated alkanes) is 22. The number of carbonyl (C=O) groups is 1. The minimum atomic E-state index is -1.70. The highest BCUT2D eigenvalue weighted by molar-refractivity contribution is 5.69. The molecule has 14 nitrogen and oxygen atoms in total. The summed E-state index contributed by atoms with van der Waals surface area (Å²) in [5.41, 5.74) is 0. The molecule has 0 spiro atoms. The molecular formula is C44H84O14. The lowest BCUT2D eigenvalue weighted by atomic mass is 9.98. The van der Waals surface area contributed by atoms with E-state index in [1.54, 1.807) is 0 Å². The molecule has 0 aromatic rings. The van der Waals surface area contributed by atoms with Crippen LogP contribution in [-0.4, -0.2) is 142 Å². The SMILES string of the molecule is CCCCCCCCCCCCCCCCCCCCCOCC(COC1OC(COC2OC(CO)C(O)C(O)C2O)C(O)C(O)C1O)OC(=O)CCCCCCC. The third-order valence-electron chi connectivity index (χ3n) is 11.4. The van der Waals surface area contributed by atoms with Crippen LogP contribution in [0.1, 0.15) is 174 Å². The summed E-state index contributed by atoms with van der Waals surface area (Å²) in [6.45, 7) is 3.61. The van der Waals surface area contributed by atoms with Crippen molar-refractivity contribution in [3.63, 3.8) is 0 Å². The van der Waals surface area contributed by atoms with Crippen molar-refractivity contribution in [2.45, 2.75) is 242 Å². The molecule has 0 aromatic carbocycles. The lowest BCUT2D eigenvalue weighted by Crippen LogP contribution is -2.61. The maximum Gasteiger partial charge on any atom is 0.306 e. The van der Waals surface area contributed by atoms with Crippen molar-refractivity contribution >= 4 is 5.97 Å². The number of rotatable bonds is 36. The summed E-state index contributed by atoms with van der Waals surface area (Å²) in [4.78, 5) is 12.7. The summed E-state index contributed by atoms with van der Waals surface area (Å²) in [5.74, 6) is -0.386. The second kappa shape index (κ2) is 33.6. The van der Waals surface area contributed by atoms with Gasteiger partial charge in [0.25, 0.3) is 0 Å². The van der Waals surface area contributed by atoms with Gasteiger partial charge in [-0.3, -0.25) is 4.79 Å². The highest BCUT2D eigenvalue weighted by Crippen LogP contribution is 2.26. The first-order chi connectivity index (χ1) is 28.1. The minimum absolute atomic E-state index is 0.0677. The Morgan fingerprint density at radius 3 is 1.40 bits per heavy atom. The first kappa shape index (κ1) is 53.1. The monoisotopic (exact) mass is 837 g/mol. The van der Waals surface area contributed by atoms with Crippen LogP contribution in [0.15, 0.2) is 0 Å². The zero-order valence-electron chi connectivity index (χ0n) is 36.1. The van der Waals surface area contributed by atoms with Gasteiger partial charge in [-0.25, -0.2) is 0 Å². The topological polar surface area (TPSA) is 214 Å². The van der Waals surface area contributed by atoms with Crippen molar-refractivity contribution in [1.82, 2.24) is 0 Å². The van der Waals surface area contributed by atoms with Gasteiger partial charge in [0.05, 0.1) is 26.4 Å². The molecule has 0 bridgehead atoms. The Hall–Kier alpha value is -1.01.